The first-order valence-corrected chi connectivity index (χ1v) is 10.3. The SMILES string of the molecule is Cc1cc(Nc2ccccc2F)n2nc(C34CC5CC(CC(C5)C3)C4)nc2n1. The van der Waals surface area contributed by atoms with Gasteiger partial charge in [-0.15, -0.1) is 5.10 Å². The van der Waals surface area contributed by atoms with Crippen molar-refractivity contribution >= 4 is 17.3 Å². The third kappa shape index (κ3) is 2.46. The van der Waals surface area contributed by atoms with Gasteiger partial charge < -0.3 is 5.32 Å². The average molecular weight is 377 g/mol. The number of anilines is 2. The number of benzene rings is 1. The average Bonchev–Trinajstić information content (AvgIpc) is 3.07. The molecular weight excluding hydrogens is 353 g/mol. The number of aromatic nitrogens is 4. The molecule has 1 aromatic carbocycles. The fraction of sp³-hybridized carbons (Fsp3) is 0.500. The normalized spacial score (nSPS) is 30.9. The lowest BCUT2D eigenvalue weighted by atomic mass is 9.49. The number of hydrogen-bond acceptors (Lipinski definition) is 4. The van der Waals surface area contributed by atoms with Crippen molar-refractivity contribution in [2.45, 2.75) is 50.9 Å². The van der Waals surface area contributed by atoms with Gasteiger partial charge in [-0.2, -0.15) is 9.50 Å². The predicted molar refractivity (Wildman–Crippen MR) is 105 cm³/mol. The number of fused-ring (bicyclic) bond motifs is 1. The molecule has 28 heavy (non-hydrogen) atoms. The molecule has 0 spiro atoms. The molecule has 4 bridgehead atoms. The van der Waals surface area contributed by atoms with Crippen LogP contribution >= 0.6 is 0 Å². The van der Waals surface area contributed by atoms with Gasteiger partial charge in [0.05, 0.1) is 5.69 Å². The van der Waals surface area contributed by atoms with E-state index in [1.807, 2.05) is 19.1 Å². The van der Waals surface area contributed by atoms with Crippen molar-refractivity contribution in [3.63, 3.8) is 0 Å². The van der Waals surface area contributed by atoms with Crippen LogP contribution in [0.25, 0.3) is 5.78 Å². The van der Waals surface area contributed by atoms with Crippen LogP contribution in [-0.4, -0.2) is 19.6 Å². The van der Waals surface area contributed by atoms with Gasteiger partial charge in [-0.3, -0.25) is 0 Å². The Balaban J connectivity index is 1.44. The summed E-state index contributed by atoms with van der Waals surface area (Å²) in [6.07, 6.45) is 7.82. The van der Waals surface area contributed by atoms with Gasteiger partial charge in [0, 0.05) is 17.2 Å². The zero-order valence-corrected chi connectivity index (χ0v) is 16.0. The van der Waals surface area contributed by atoms with Crippen LogP contribution < -0.4 is 5.32 Å². The number of para-hydroxylation sites is 1. The number of aryl methyl sites for hydroxylation is 1. The monoisotopic (exact) mass is 377 g/mol. The van der Waals surface area contributed by atoms with Gasteiger partial charge in [0.15, 0.2) is 5.82 Å². The molecule has 1 N–H and O–H groups in total. The molecule has 0 aliphatic heterocycles. The largest absolute Gasteiger partial charge is 0.338 e. The first kappa shape index (κ1) is 16.5. The molecule has 0 radical (unpaired) electrons. The second kappa shape index (κ2) is 5.75. The van der Waals surface area contributed by atoms with Crippen LogP contribution in [0.5, 0.6) is 0 Å². The van der Waals surface area contributed by atoms with E-state index in [9.17, 15) is 4.39 Å². The van der Waals surface area contributed by atoms with E-state index in [-0.39, 0.29) is 11.2 Å². The molecule has 0 unspecified atom stereocenters. The molecule has 7 rings (SSSR count). The molecule has 4 aliphatic rings. The van der Waals surface area contributed by atoms with E-state index >= 15 is 0 Å². The van der Waals surface area contributed by atoms with Gasteiger partial charge >= 0.3 is 0 Å². The molecule has 2 heterocycles. The lowest BCUT2D eigenvalue weighted by Crippen LogP contribution is -2.49. The molecule has 4 fully saturated rings. The van der Waals surface area contributed by atoms with E-state index in [1.165, 1.54) is 44.6 Å². The number of nitrogens with one attached hydrogen (secondary N) is 1. The molecule has 144 valence electrons. The lowest BCUT2D eigenvalue weighted by Gasteiger charge is -2.55. The van der Waals surface area contributed by atoms with Crippen molar-refractivity contribution in [3.05, 3.63) is 47.7 Å². The third-order valence-corrected chi connectivity index (χ3v) is 7.09. The summed E-state index contributed by atoms with van der Waals surface area (Å²) in [6.45, 7) is 1.94. The molecule has 6 heteroatoms. The number of rotatable bonds is 3. The molecule has 4 aliphatic carbocycles. The van der Waals surface area contributed by atoms with Crippen LogP contribution in [-0.2, 0) is 5.41 Å². The van der Waals surface area contributed by atoms with Crippen LogP contribution in [0.15, 0.2) is 30.3 Å². The topological polar surface area (TPSA) is 55.1 Å². The Morgan fingerprint density at radius 1 is 1.04 bits per heavy atom. The summed E-state index contributed by atoms with van der Waals surface area (Å²) < 4.78 is 15.9. The van der Waals surface area contributed by atoms with Crippen molar-refractivity contribution < 1.29 is 4.39 Å². The minimum Gasteiger partial charge on any atom is -0.338 e. The maximum absolute atomic E-state index is 14.2. The standard InChI is InChI=1S/C22H24FN5/c1-13-6-19(25-18-5-3-2-4-17(18)23)28-21(24-13)26-20(27-28)22-10-14-7-15(11-22)9-16(8-14)12-22/h2-6,14-16,25H,7-12H2,1H3. The Bertz CT molecular complexity index is 1040. The maximum atomic E-state index is 14.2. The quantitative estimate of drug-likeness (QED) is 0.713. The summed E-state index contributed by atoms with van der Waals surface area (Å²) >= 11 is 0. The molecule has 5 nitrogen and oxygen atoms in total. The van der Waals surface area contributed by atoms with E-state index in [1.54, 1.807) is 16.6 Å². The van der Waals surface area contributed by atoms with Gasteiger partial charge in [-0.25, -0.2) is 9.37 Å². The molecule has 3 aromatic rings. The van der Waals surface area contributed by atoms with Crippen LogP contribution in [0.1, 0.15) is 50.0 Å². The van der Waals surface area contributed by atoms with Crippen molar-refractivity contribution in [3.8, 4) is 0 Å². The van der Waals surface area contributed by atoms with Crippen molar-refractivity contribution in [1.29, 1.82) is 0 Å². The Morgan fingerprint density at radius 3 is 2.39 bits per heavy atom. The Kier molecular flexibility index (Phi) is 3.38. The van der Waals surface area contributed by atoms with Gasteiger partial charge in [-0.1, -0.05) is 12.1 Å². The molecular formula is C22H24FN5. The fourth-order valence-electron chi connectivity index (χ4n) is 6.39. The van der Waals surface area contributed by atoms with E-state index in [0.717, 1.165) is 29.3 Å². The zero-order chi connectivity index (χ0) is 18.9. The highest BCUT2D eigenvalue weighted by Crippen LogP contribution is 2.60. The summed E-state index contributed by atoms with van der Waals surface area (Å²) in [6, 6.07) is 8.59. The van der Waals surface area contributed by atoms with Crippen LogP contribution in [0.3, 0.4) is 0 Å². The van der Waals surface area contributed by atoms with E-state index < -0.39 is 0 Å². The lowest BCUT2D eigenvalue weighted by molar-refractivity contribution is -0.00925. The van der Waals surface area contributed by atoms with E-state index in [2.05, 4.69) is 10.3 Å². The molecule has 0 atom stereocenters. The maximum Gasteiger partial charge on any atom is 0.254 e. The Morgan fingerprint density at radius 2 is 1.71 bits per heavy atom. The van der Waals surface area contributed by atoms with Crippen molar-refractivity contribution in [1.82, 2.24) is 19.6 Å². The molecule has 0 saturated heterocycles. The van der Waals surface area contributed by atoms with Gasteiger partial charge in [0.25, 0.3) is 5.78 Å². The van der Waals surface area contributed by atoms with Gasteiger partial charge in [0.2, 0.25) is 0 Å². The second-order valence-electron chi connectivity index (χ2n) is 9.23. The zero-order valence-electron chi connectivity index (χ0n) is 16.0. The highest BCUT2D eigenvalue weighted by Gasteiger charge is 2.53. The van der Waals surface area contributed by atoms with Crippen molar-refractivity contribution in [2.24, 2.45) is 17.8 Å². The smallest absolute Gasteiger partial charge is 0.254 e. The Hall–Kier alpha value is -2.50. The summed E-state index contributed by atoms with van der Waals surface area (Å²) in [5.74, 6) is 4.48. The van der Waals surface area contributed by atoms with E-state index in [4.69, 9.17) is 10.1 Å². The first-order chi connectivity index (χ1) is 13.6. The molecule has 4 saturated carbocycles. The number of halogens is 1. The minimum atomic E-state index is -0.286. The molecule has 2 aromatic heterocycles. The van der Waals surface area contributed by atoms with Crippen LogP contribution in [0.2, 0.25) is 0 Å². The highest BCUT2D eigenvalue weighted by molar-refractivity contribution is 5.59. The van der Waals surface area contributed by atoms with Gasteiger partial charge in [0.1, 0.15) is 11.6 Å². The van der Waals surface area contributed by atoms with Crippen LogP contribution in [0.4, 0.5) is 15.9 Å². The van der Waals surface area contributed by atoms with Crippen LogP contribution in [0, 0.1) is 30.5 Å². The summed E-state index contributed by atoms with van der Waals surface area (Å²) in [5, 5.41) is 8.12. The minimum absolute atomic E-state index is 0.117. The summed E-state index contributed by atoms with van der Waals surface area (Å²) in [4.78, 5) is 9.50. The first-order valence-electron chi connectivity index (χ1n) is 10.3. The predicted octanol–water partition coefficient (Wildman–Crippen LogP) is 4.78. The van der Waals surface area contributed by atoms with E-state index in [0.29, 0.717) is 17.3 Å². The number of nitrogens with zero attached hydrogens (tertiary/aromatic N) is 4. The number of hydrogen-bond donors (Lipinski definition) is 1. The third-order valence-electron chi connectivity index (χ3n) is 7.09. The molecule has 0 amide bonds. The highest BCUT2D eigenvalue weighted by atomic mass is 19.1. The summed E-state index contributed by atoms with van der Waals surface area (Å²) in [7, 11) is 0. The second-order valence-corrected chi connectivity index (χ2v) is 9.23. The van der Waals surface area contributed by atoms with Crippen molar-refractivity contribution in [2.75, 3.05) is 5.32 Å². The van der Waals surface area contributed by atoms with Gasteiger partial charge in [-0.05, 0) is 75.3 Å². The Labute approximate surface area is 163 Å². The summed E-state index contributed by atoms with van der Waals surface area (Å²) in [5.41, 5.74) is 1.39. The fourth-order valence-corrected chi connectivity index (χ4v) is 6.39.